The molecule has 4 rings (SSSR count). The largest absolute Gasteiger partial charge is 0.322 e. The maximum atomic E-state index is 12.5. The van der Waals surface area contributed by atoms with Gasteiger partial charge in [0.25, 0.3) is 11.5 Å². The van der Waals surface area contributed by atoms with Crippen molar-refractivity contribution in [1.82, 2.24) is 9.97 Å². The number of benzene rings is 2. The molecule has 0 aliphatic heterocycles. The van der Waals surface area contributed by atoms with E-state index in [4.69, 9.17) is 0 Å². The van der Waals surface area contributed by atoms with Crippen LogP contribution in [0.5, 0.6) is 0 Å². The molecule has 6 heteroatoms. The predicted octanol–water partition coefficient (Wildman–Crippen LogP) is 4.26. The van der Waals surface area contributed by atoms with E-state index in [1.54, 1.807) is 6.07 Å². The molecule has 5 nitrogen and oxygen atoms in total. The van der Waals surface area contributed by atoms with E-state index in [1.807, 2.05) is 50.2 Å². The molecule has 26 heavy (non-hydrogen) atoms. The number of aromatic nitrogens is 2. The minimum atomic E-state index is -0.255. The van der Waals surface area contributed by atoms with E-state index in [9.17, 15) is 9.59 Å². The Morgan fingerprint density at radius 3 is 2.81 bits per heavy atom. The highest BCUT2D eigenvalue weighted by Crippen LogP contribution is 2.24. The number of rotatable bonds is 3. The zero-order valence-electron chi connectivity index (χ0n) is 14.4. The first-order valence-electron chi connectivity index (χ1n) is 8.39. The summed E-state index contributed by atoms with van der Waals surface area (Å²) in [5.41, 5.74) is 3.85. The molecule has 0 bridgehead atoms. The quantitative estimate of drug-likeness (QED) is 0.571. The van der Waals surface area contributed by atoms with Gasteiger partial charge in [-0.05, 0) is 43.2 Å². The summed E-state index contributed by atoms with van der Waals surface area (Å²) in [7, 11) is 0. The number of hydrogen-bond acceptors (Lipinski definition) is 4. The highest BCUT2D eigenvalue weighted by atomic mass is 32.1. The lowest BCUT2D eigenvalue weighted by molar-refractivity contribution is 0.102. The Balaban J connectivity index is 1.68. The molecule has 0 atom stereocenters. The number of H-pyrrole nitrogens is 1. The third-order valence-corrected chi connectivity index (χ3v) is 5.53. The molecule has 2 N–H and O–H groups in total. The molecular weight excluding hydrogens is 346 g/mol. The molecule has 0 aliphatic rings. The molecule has 2 heterocycles. The monoisotopic (exact) mass is 363 g/mol. The molecule has 0 saturated heterocycles. The summed E-state index contributed by atoms with van der Waals surface area (Å²) in [6.07, 6.45) is 0.688. The fourth-order valence-electron chi connectivity index (χ4n) is 3.16. The van der Waals surface area contributed by atoms with Crippen LogP contribution in [-0.4, -0.2) is 15.9 Å². The lowest BCUT2D eigenvalue weighted by Gasteiger charge is -2.09. The van der Waals surface area contributed by atoms with Crippen LogP contribution >= 0.6 is 11.3 Å². The van der Waals surface area contributed by atoms with Gasteiger partial charge in [0, 0.05) is 16.6 Å². The van der Waals surface area contributed by atoms with Crippen molar-refractivity contribution >= 4 is 44.1 Å². The van der Waals surface area contributed by atoms with E-state index in [2.05, 4.69) is 15.3 Å². The second-order valence-electron chi connectivity index (χ2n) is 6.11. The number of anilines is 1. The van der Waals surface area contributed by atoms with E-state index >= 15 is 0 Å². The number of fused-ring (bicyclic) bond motifs is 2. The fraction of sp³-hybridized carbons (Fsp3) is 0.150. The molecule has 0 aliphatic carbocycles. The van der Waals surface area contributed by atoms with Gasteiger partial charge >= 0.3 is 0 Å². The minimum Gasteiger partial charge on any atom is -0.322 e. The Morgan fingerprint density at radius 2 is 2.04 bits per heavy atom. The van der Waals surface area contributed by atoms with Gasteiger partial charge in [0.1, 0.15) is 0 Å². The molecule has 130 valence electrons. The average molecular weight is 363 g/mol. The molecule has 2 aromatic carbocycles. The van der Waals surface area contributed by atoms with Gasteiger partial charge in [0.2, 0.25) is 0 Å². The van der Waals surface area contributed by atoms with E-state index in [-0.39, 0.29) is 11.5 Å². The van der Waals surface area contributed by atoms with Crippen LogP contribution in [0.3, 0.4) is 0 Å². The van der Waals surface area contributed by atoms with Crippen LogP contribution in [0.1, 0.15) is 27.9 Å². The second kappa shape index (κ2) is 6.38. The van der Waals surface area contributed by atoms with Gasteiger partial charge in [0.15, 0.2) is 5.01 Å². The van der Waals surface area contributed by atoms with Crippen LogP contribution in [-0.2, 0) is 6.42 Å². The molecular formula is C20H17N3O2S. The first-order chi connectivity index (χ1) is 12.6. The third kappa shape index (κ3) is 2.78. The van der Waals surface area contributed by atoms with Gasteiger partial charge in [0.05, 0.1) is 15.7 Å². The van der Waals surface area contributed by atoms with Crippen molar-refractivity contribution in [1.29, 1.82) is 0 Å². The normalized spacial score (nSPS) is 11.2. The number of para-hydroxylation sites is 1. The molecule has 4 aromatic rings. The topological polar surface area (TPSA) is 74.8 Å². The van der Waals surface area contributed by atoms with Crippen molar-refractivity contribution in [3.63, 3.8) is 0 Å². The van der Waals surface area contributed by atoms with E-state index < -0.39 is 0 Å². The van der Waals surface area contributed by atoms with Gasteiger partial charge in [-0.3, -0.25) is 9.59 Å². The fourth-order valence-corrected chi connectivity index (χ4v) is 4.02. The number of aromatic amines is 1. The maximum absolute atomic E-state index is 12.5. The zero-order chi connectivity index (χ0) is 18.3. The summed E-state index contributed by atoms with van der Waals surface area (Å²) in [6.45, 7) is 3.92. The Hall–Kier alpha value is -2.99. The summed E-state index contributed by atoms with van der Waals surface area (Å²) < 4.78 is 0.975. The number of amides is 1. The van der Waals surface area contributed by atoms with Crippen molar-refractivity contribution in [2.24, 2.45) is 0 Å². The molecule has 1 amide bonds. The van der Waals surface area contributed by atoms with E-state index in [0.717, 1.165) is 26.7 Å². The van der Waals surface area contributed by atoms with E-state index in [1.165, 1.54) is 11.3 Å². The van der Waals surface area contributed by atoms with Crippen LogP contribution in [0.2, 0.25) is 0 Å². The lowest BCUT2D eigenvalue weighted by Crippen LogP contribution is -2.15. The Kier molecular flexibility index (Phi) is 4.05. The van der Waals surface area contributed by atoms with Gasteiger partial charge in [-0.2, -0.15) is 0 Å². The van der Waals surface area contributed by atoms with Crippen molar-refractivity contribution in [3.05, 3.63) is 69.0 Å². The predicted molar refractivity (Wildman–Crippen MR) is 106 cm³/mol. The number of aryl methyl sites for hydroxylation is 1. The Morgan fingerprint density at radius 1 is 1.23 bits per heavy atom. The number of nitrogens with zero attached hydrogens (tertiary/aromatic N) is 1. The summed E-state index contributed by atoms with van der Waals surface area (Å²) in [5, 5.41) is 4.27. The van der Waals surface area contributed by atoms with Crippen molar-refractivity contribution in [3.8, 4) is 0 Å². The number of carbonyl (C=O) groups is 1. The summed E-state index contributed by atoms with van der Waals surface area (Å²) in [5.74, 6) is -0.255. The number of nitrogens with one attached hydrogen (secondary N) is 2. The van der Waals surface area contributed by atoms with Gasteiger partial charge in [-0.15, -0.1) is 11.3 Å². The highest BCUT2D eigenvalue weighted by Gasteiger charge is 2.13. The third-order valence-electron chi connectivity index (χ3n) is 4.50. The summed E-state index contributed by atoms with van der Waals surface area (Å²) in [4.78, 5) is 32.0. The summed E-state index contributed by atoms with van der Waals surface area (Å²) >= 11 is 1.36. The lowest BCUT2D eigenvalue weighted by atomic mass is 10.0. The Labute approximate surface area is 153 Å². The smallest absolute Gasteiger partial charge is 0.284 e. The molecule has 0 fully saturated rings. The standard InChI is InChI=1S/C20H17N3O2S/c1-3-13-11(2)14-9-8-12(10-16(14)22-18(13)24)21-19(25)20-23-15-6-4-5-7-17(15)26-20/h4-10H,3H2,1-2H3,(H,21,25)(H,22,24). The van der Waals surface area contributed by atoms with Crippen LogP contribution in [0, 0.1) is 6.92 Å². The number of thiazole rings is 1. The molecule has 0 spiro atoms. The van der Waals surface area contributed by atoms with Gasteiger partial charge in [-0.25, -0.2) is 4.98 Å². The van der Waals surface area contributed by atoms with Gasteiger partial charge < -0.3 is 10.3 Å². The second-order valence-corrected chi connectivity index (χ2v) is 7.14. The van der Waals surface area contributed by atoms with Crippen LogP contribution in [0.15, 0.2) is 47.3 Å². The van der Waals surface area contributed by atoms with Crippen LogP contribution in [0.4, 0.5) is 5.69 Å². The SMILES string of the molecule is CCc1c(C)c2ccc(NC(=O)c3nc4ccccc4s3)cc2[nH]c1=O. The first-order valence-corrected chi connectivity index (χ1v) is 9.21. The minimum absolute atomic E-state index is 0.0767. The number of hydrogen-bond donors (Lipinski definition) is 2. The highest BCUT2D eigenvalue weighted by molar-refractivity contribution is 7.20. The van der Waals surface area contributed by atoms with E-state index in [0.29, 0.717) is 22.6 Å². The number of carbonyl (C=O) groups excluding carboxylic acids is 1. The van der Waals surface area contributed by atoms with Crippen molar-refractivity contribution in [2.45, 2.75) is 20.3 Å². The summed E-state index contributed by atoms with van der Waals surface area (Å²) in [6, 6.07) is 13.2. The molecule has 0 saturated carbocycles. The molecule has 0 unspecified atom stereocenters. The average Bonchev–Trinajstić information content (AvgIpc) is 3.06. The molecule has 2 aromatic heterocycles. The van der Waals surface area contributed by atoms with Crippen LogP contribution < -0.4 is 10.9 Å². The molecule has 0 radical (unpaired) electrons. The zero-order valence-corrected chi connectivity index (χ0v) is 15.2. The maximum Gasteiger partial charge on any atom is 0.284 e. The first kappa shape index (κ1) is 16.5. The van der Waals surface area contributed by atoms with Gasteiger partial charge in [-0.1, -0.05) is 25.1 Å². The van der Waals surface area contributed by atoms with Crippen molar-refractivity contribution < 1.29 is 4.79 Å². The Bertz CT molecular complexity index is 1170. The van der Waals surface area contributed by atoms with Crippen LogP contribution in [0.25, 0.3) is 21.1 Å². The van der Waals surface area contributed by atoms with Crippen molar-refractivity contribution in [2.75, 3.05) is 5.32 Å². The number of pyridine rings is 1.